The maximum absolute atomic E-state index is 10.7. The van der Waals surface area contributed by atoms with Crippen molar-refractivity contribution < 1.29 is 19.5 Å². The van der Waals surface area contributed by atoms with Crippen molar-refractivity contribution in [3.63, 3.8) is 0 Å². The van der Waals surface area contributed by atoms with Crippen LogP contribution in [0.2, 0.25) is 0 Å². The molecule has 0 unspecified atom stereocenters. The summed E-state index contributed by atoms with van der Waals surface area (Å²) in [6.07, 6.45) is 0.714. The number of benzene rings is 2. The minimum atomic E-state index is -0.779. The second-order valence-corrected chi connectivity index (χ2v) is 5.73. The van der Waals surface area contributed by atoms with Crippen LogP contribution in [0, 0.1) is 10.1 Å². The molecule has 27 heavy (non-hydrogen) atoms. The molecule has 3 aromatic rings. The number of nitrogens with zero attached hydrogens (tertiary/aromatic N) is 4. The van der Waals surface area contributed by atoms with Crippen LogP contribution in [-0.2, 0) is 6.54 Å². The lowest BCUT2D eigenvalue weighted by molar-refractivity contribution is -0.384. The number of rotatable bonds is 8. The van der Waals surface area contributed by atoms with Gasteiger partial charge in [0, 0.05) is 17.7 Å². The molecule has 1 atom stereocenters. The van der Waals surface area contributed by atoms with Crippen LogP contribution in [-0.4, -0.2) is 44.6 Å². The van der Waals surface area contributed by atoms with E-state index in [2.05, 4.69) is 10.1 Å². The summed E-state index contributed by atoms with van der Waals surface area (Å²) in [6, 6.07) is 13.0. The molecule has 1 N–H and O–H groups in total. The number of hydrogen-bond acceptors (Lipinski definition) is 7. The first-order chi connectivity index (χ1) is 13.0. The van der Waals surface area contributed by atoms with Crippen LogP contribution < -0.4 is 9.47 Å². The molecule has 1 aromatic heterocycles. The first kappa shape index (κ1) is 18.3. The predicted molar refractivity (Wildman–Crippen MR) is 96.6 cm³/mol. The van der Waals surface area contributed by atoms with Crippen LogP contribution in [0.3, 0.4) is 0 Å². The largest absolute Gasteiger partial charge is 0.497 e. The summed E-state index contributed by atoms with van der Waals surface area (Å²) in [4.78, 5) is 14.4. The highest BCUT2D eigenvalue weighted by atomic mass is 16.6. The summed E-state index contributed by atoms with van der Waals surface area (Å²) in [5, 5.41) is 25.1. The van der Waals surface area contributed by atoms with Gasteiger partial charge in [0.25, 0.3) is 5.69 Å². The van der Waals surface area contributed by atoms with E-state index in [0.717, 1.165) is 5.75 Å². The lowest BCUT2D eigenvalue weighted by atomic mass is 10.2. The minimum absolute atomic E-state index is 0.00397. The van der Waals surface area contributed by atoms with Gasteiger partial charge < -0.3 is 14.6 Å². The Morgan fingerprint density at radius 2 is 1.81 bits per heavy atom. The average Bonchev–Trinajstić information content (AvgIpc) is 3.15. The van der Waals surface area contributed by atoms with Crippen molar-refractivity contribution in [2.75, 3.05) is 13.7 Å². The average molecular weight is 370 g/mol. The van der Waals surface area contributed by atoms with Gasteiger partial charge in [-0.3, -0.25) is 10.1 Å². The van der Waals surface area contributed by atoms with Gasteiger partial charge in [0.15, 0.2) is 5.82 Å². The molecule has 2 aromatic carbocycles. The lowest BCUT2D eigenvalue weighted by Gasteiger charge is -2.12. The van der Waals surface area contributed by atoms with Gasteiger partial charge in [-0.15, -0.1) is 0 Å². The van der Waals surface area contributed by atoms with Gasteiger partial charge in [-0.25, -0.2) is 9.67 Å². The normalized spacial score (nSPS) is 11.8. The maximum atomic E-state index is 10.7. The number of aliphatic hydroxyl groups excluding tert-OH is 1. The fourth-order valence-electron chi connectivity index (χ4n) is 2.38. The molecule has 0 radical (unpaired) electrons. The number of nitro benzene ring substituents is 1. The zero-order chi connectivity index (χ0) is 19.2. The SMILES string of the molecule is COc1ccc(OC[C@@H](O)Cn2cnc(-c3ccc([N+](=O)[O-])cc3)n2)cc1. The number of aromatic nitrogens is 3. The monoisotopic (exact) mass is 370 g/mol. The van der Waals surface area contributed by atoms with E-state index in [1.54, 1.807) is 43.5 Å². The summed E-state index contributed by atoms with van der Waals surface area (Å²) in [5.41, 5.74) is 0.660. The zero-order valence-corrected chi connectivity index (χ0v) is 14.6. The van der Waals surface area contributed by atoms with Gasteiger partial charge >= 0.3 is 0 Å². The number of hydrogen-bond donors (Lipinski definition) is 1. The molecular weight excluding hydrogens is 352 g/mol. The number of methoxy groups -OCH3 is 1. The van der Waals surface area contributed by atoms with Gasteiger partial charge in [-0.1, -0.05) is 0 Å². The van der Waals surface area contributed by atoms with E-state index in [0.29, 0.717) is 17.1 Å². The summed E-state index contributed by atoms with van der Waals surface area (Å²) in [7, 11) is 1.59. The van der Waals surface area contributed by atoms with E-state index in [1.165, 1.54) is 23.1 Å². The smallest absolute Gasteiger partial charge is 0.269 e. The molecule has 0 aliphatic heterocycles. The number of aliphatic hydroxyl groups is 1. The number of non-ortho nitro benzene ring substituents is 1. The van der Waals surface area contributed by atoms with E-state index in [9.17, 15) is 15.2 Å². The van der Waals surface area contributed by atoms with Gasteiger partial charge in [0.1, 0.15) is 30.5 Å². The van der Waals surface area contributed by atoms with E-state index in [-0.39, 0.29) is 18.8 Å². The molecule has 9 nitrogen and oxygen atoms in total. The Morgan fingerprint density at radius 1 is 1.15 bits per heavy atom. The van der Waals surface area contributed by atoms with Gasteiger partial charge in [0.05, 0.1) is 18.6 Å². The summed E-state index contributed by atoms with van der Waals surface area (Å²) >= 11 is 0. The molecule has 0 aliphatic rings. The van der Waals surface area contributed by atoms with Crippen LogP contribution in [0.1, 0.15) is 0 Å². The van der Waals surface area contributed by atoms with Gasteiger partial charge in [-0.2, -0.15) is 5.10 Å². The molecule has 0 saturated carbocycles. The minimum Gasteiger partial charge on any atom is -0.497 e. The van der Waals surface area contributed by atoms with Gasteiger partial charge in [0.2, 0.25) is 0 Å². The molecule has 0 aliphatic carbocycles. The maximum Gasteiger partial charge on any atom is 0.269 e. The molecule has 0 amide bonds. The van der Waals surface area contributed by atoms with Crippen molar-refractivity contribution in [3.8, 4) is 22.9 Å². The van der Waals surface area contributed by atoms with Crippen molar-refractivity contribution >= 4 is 5.69 Å². The van der Waals surface area contributed by atoms with Crippen molar-refractivity contribution in [1.29, 1.82) is 0 Å². The molecule has 0 spiro atoms. The summed E-state index contributed by atoms with van der Waals surface area (Å²) in [6.45, 7) is 0.301. The highest BCUT2D eigenvalue weighted by Crippen LogP contribution is 2.19. The van der Waals surface area contributed by atoms with Crippen LogP contribution in [0.15, 0.2) is 54.9 Å². The molecule has 1 heterocycles. The number of nitro groups is 1. The van der Waals surface area contributed by atoms with Crippen LogP contribution >= 0.6 is 0 Å². The quantitative estimate of drug-likeness (QED) is 0.478. The zero-order valence-electron chi connectivity index (χ0n) is 14.6. The predicted octanol–water partition coefficient (Wildman–Crippen LogP) is 2.30. The van der Waals surface area contributed by atoms with E-state index < -0.39 is 11.0 Å². The first-order valence-electron chi connectivity index (χ1n) is 8.14. The Balaban J connectivity index is 1.55. The van der Waals surface area contributed by atoms with Crippen LogP contribution in [0.5, 0.6) is 11.5 Å². The topological polar surface area (TPSA) is 113 Å². The van der Waals surface area contributed by atoms with Crippen LogP contribution in [0.4, 0.5) is 5.69 Å². The van der Waals surface area contributed by atoms with E-state index in [1.807, 2.05) is 0 Å². The summed E-state index contributed by atoms with van der Waals surface area (Å²) < 4.78 is 12.1. The molecule has 0 bridgehead atoms. The second kappa shape index (κ2) is 8.28. The fraction of sp³-hybridized carbons (Fsp3) is 0.222. The second-order valence-electron chi connectivity index (χ2n) is 5.73. The van der Waals surface area contributed by atoms with E-state index >= 15 is 0 Å². The third-order valence-corrected chi connectivity index (χ3v) is 3.77. The lowest BCUT2D eigenvalue weighted by Crippen LogP contribution is -2.23. The van der Waals surface area contributed by atoms with Crippen molar-refractivity contribution in [2.45, 2.75) is 12.6 Å². The van der Waals surface area contributed by atoms with Crippen molar-refractivity contribution in [1.82, 2.24) is 14.8 Å². The van der Waals surface area contributed by atoms with E-state index in [4.69, 9.17) is 9.47 Å². The van der Waals surface area contributed by atoms with Crippen molar-refractivity contribution in [2.24, 2.45) is 0 Å². The Labute approximate surface area is 155 Å². The standard InChI is InChI=1S/C18H18N4O5/c1-26-16-6-8-17(9-7-16)27-11-15(23)10-21-12-19-18(20-21)13-2-4-14(5-3-13)22(24)25/h2-9,12,15,23H,10-11H2,1H3/t15-/m0/s1. The van der Waals surface area contributed by atoms with Crippen LogP contribution in [0.25, 0.3) is 11.4 Å². The summed E-state index contributed by atoms with van der Waals surface area (Å²) in [5.74, 6) is 1.78. The molecule has 9 heteroatoms. The third kappa shape index (κ3) is 4.79. The molecule has 140 valence electrons. The Bertz CT molecular complexity index is 893. The molecule has 0 saturated heterocycles. The Hall–Kier alpha value is -3.46. The Kier molecular flexibility index (Phi) is 5.62. The highest BCUT2D eigenvalue weighted by Gasteiger charge is 2.11. The van der Waals surface area contributed by atoms with Gasteiger partial charge in [-0.05, 0) is 36.4 Å². The molecule has 0 fully saturated rings. The molecular formula is C18H18N4O5. The van der Waals surface area contributed by atoms with Crippen molar-refractivity contribution in [3.05, 3.63) is 65.0 Å². The fourth-order valence-corrected chi connectivity index (χ4v) is 2.38. The third-order valence-electron chi connectivity index (χ3n) is 3.77. The Morgan fingerprint density at radius 3 is 2.44 bits per heavy atom. The molecule has 3 rings (SSSR count). The highest BCUT2D eigenvalue weighted by molar-refractivity contribution is 5.56. The first-order valence-corrected chi connectivity index (χ1v) is 8.14. The number of ether oxygens (including phenoxy) is 2.